The quantitative estimate of drug-likeness (QED) is 0.681. The third-order valence-corrected chi connectivity index (χ3v) is 5.28. The molecule has 28 heavy (non-hydrogen) atoms. The summed E-state index contributed by atoms with van der Waals surface area (Å²) in [5.41, 5.74) is 0.222. The fourth-order valence-electron chi connectivity index (χ4n) is 3.71. The lowest BCUT2D eigenvalue weighted by Gasteiger charge is -2.31. The lowest BCUT2D eigenvalue weighted by Crippen LogP contribution is -3.13. The summed E-state index contributed by atoms with van der Waals surface area (Å²) >= 11 is 0. The predicted molar refractivity (Wildman–Crippen MR) is 104 cm³/mol. The first-order valence-electron chi connectivity index (χ1n) is 9.79. The normalized spacial score (nSPS) is 15.4. The van der Waals surface area contributed by atoms with Crippen molar-refractivity contribution in [3.8, 4) is 0 Å². The van der Waals surface area contributed by atoms with Crippen LogP contribution in [-0.4, -0.2) is 62.5 Å². The van der Waals surface area contributed by atoms with Crippen molar-refractivity contribution >= 4 is 17.3 Å². The van der Waals surface area contributed by atoms with Crippen molar-refractivity contribution in [2.75, 3.05) is 32.8 Å². The molecular formula is C18H29N6O4+. The van der Waals surface area contributed by atoms with E-state index in [9.17, 15) is 14.4 Å². The Hall–Kier alpha value is -2.62. The zero-order valence-electron chi connectivity index (χ0n) is 17.0. The summed E-state index contributed by atoms with van der Waals surface area (Å²) in [5.74, 6) is 0.801. The Kier molecular flexibility index (Phi) is 5.87. The molecule has 0 saturated carbocycles. The SMILES string of the molecule is CCCn1c(C[NH+]2CCN(C(=O)OCC)CC2)nc2c1c(=O)n(C)c(=O)n2C. The summed E-state index contributed by atoms with van der Waals surface area (Å²) in [5, 5.41) is 0. The molecule has 3 rings (SSSR count). The molecule has 2 aromatic heterocycles. The van der Waals surface area contributed by atoms with Gasteiger partial charge in [0.05, 0.1) is 32.8 Å². The molecule has 1 saturated heterocycles. The predicted octanol–water partition coefficient (Wildman–Crippen LogP) is -1.30. The van der Waals surface area contributed by atoms with Crippen LogP contribution < -0.4 is 16.1 Å². The molecule has 1 aliphatic heterocycles. The van der Waals surface area contributed by atoms with Crippen molar-refractivity contribution in [3.05, 3.63) is 26.7 Å². The van der Waals surface area contributed by atoms with Crippen LogP contribution >= 0.6 is 0 Å². The number of carbonyl (C=O) groups excluding carboxylic acids is 1. The molecule has 0 radical (unpaired) electrons. The zero-order valence-corrected chi connectivity index (χ0v) is 17.0. The number of carbonyl (C=O) groups is 1. The highest BCUT2D eigenvalue weighted by molar-refractivity contribution is 5.71. The van der Waals surface area contributed by atoms with E-state index in [-0.39, 0.29) is 17.3 Å². The molecule has 10 heteroatoms. The summed E-state index contributed by atoms with van der Waals surface area (Å²) < 4.78 is 9.57. The molecule has 0 aliphatic carbocycles. The van der Waals surface area contributed by atoms with E-state index in [1.807, 2.05) is 11.5 Å². The summed E-state index contributed by atoms with van der Waals surface area (Å²) in [6, 6.07) is 0. The van der Waals surface area contributed by atoms with E-state index >= 15 is 0 Å². The lowest BCUT2D eigenvalue weighted by atomic mass is 10.3. The van der Waals surface area contributed by atoms with Crippen LogP contribution in [-0.2, 0) is 31.9 Å². The van der Waals surface area contributed by atoms with E-state index in [0.29, 0.717) is 43.9 Å². The van der Waals surface area contributed by atoms with Crippen LogP contribution in [0.5, 0.6) is 0 Å². The highest BCUT2D eigenvalue weighted by Crippen LogP contribution is 2.11. The van der Waals surface area contributed by atoms with Gasteiger partial charge in [-0.15, -0.1) is 0 Å². The van der Waals surface area contributed by atoms with Crippen LogP contribution in [0.2, 0.25) is 0 Å². The molecule has 2 aromatic rings. The highest BCUT2D eigenvalue weighted by Gasteiger charge is 2.27. The number of imidazole rings is 1. The number of aromatic nitrogens is 4. The maximum Gasteiger partial charge on any atom is 0.410 e. The Morgan fingerprint density at radius 3 is 2.43 bits per heavy atom. The van der Waals surface area contributed by atoms with Gasteiger partial charge in [-0.1, -0.05) is 6.92 Å². The number of rotatable bonds is 5. The van der Waals surface area contributed by atoms with Gasteiger partial charge in [0.1, 0.15) is 6.54 Å². The average molecular weight is 393 g/mol. The molecule has 10 nitrogen and oxygen atoms in total. The number of piperazine rings is 1. The van der Waals surface area contributed by atoms with Gasteiger partial charge in [-0.05, 0) is 13.3 Å². The van der Waals surface area contributed by atoms with Crippen LogP contribution in [0.25, 0.3) is 11.2 Å². The molecule has 1 N–H and O–H groups in total. The van der Waals surface area contributed by atoms with E-state index in [0.717, 1.165) is 29.9 Å². The standard InChI is InChI=1S/C18H28N6O4/c1-5-7-24-13(12-22-8-10-23(11-9-22)18(27)28-6-2)19-15-14(24)16(25)21(4)17(26)20(15)3/h5-12H2,1-4H3/p+1. The maximum absolute atomic E-state index is 12.7. The molecule has 0 unspecified atom stereocenters. The summed E-state index contributed by atoms with van der Waals surface area (Å²) in [7, 11) is 3.13. The number of hydrogen-bond donors (Lipinski definition) is 1. The third kappa shape index (κ3) is 3.56. The van der Waals surface area contributed by atoms with Crippen molar-refractivity contribution in [2.45, 2.75) is 33.4 Å². The Morgan fingerprint density at radius 2 is 1.82 bits per heavy atom. The number of ether oxygens (including phenoxy) is 1. The molecule has 1 amide bonds. The summed E-state index contributed by atoms with van der Waals surface area (Å²) in [6.45, 7) is 8.36. The molecular weight excluding hydrogens is 364 g/mol. The van der Waals surface area contributed by atoms with Crippen molar-refractivity contribution < 1.29 is 14.4 Å². The van der Waals surface area contributed by atoms with Crippen molar-refractivity contribution in [1.29, 1.82) is 0 Å². The Morgan fingerprint density at radius 1 is 1.14 bits per heavy atom. The van der Waals surface area contributed by atoms with Crippen LogP contribution in [0.3, 0.4) is 0 Å². The van der Waals surface area contributed by atoms with Gasteiger partial charge in [0.15, 0.2) is 17.0 Å². The zero-order chi connectivity index (χ0) is 20.4. The highest BCUT2D eigenvalue weighted by atomic mass is 16.6. The molecule has 0 spiro atoms. The molecule has 3 heterocycles. The molecule has 1 fully saturated rings. The van der Waals surface area contributed by atoms with E-state index in [1.165, 1.54) is 16.5 Å². The minimum atomic E-state index is -0.374. The lowest BCUT2D eigenvalue weighted by molar-refractivity contribution is -0.918. The van der Waals surface area contributed by atoms with Gasteiger partial charge >= 0.3 is 11.8 Å². The third-order valence-electron chi connectivity index (χ3n) is 5.28. The molecule has 154 valence electrons. The van der Waals surface area contributed by atoms with Gasteiger partial charge in [-0.25, -0.2) is 14.6 Å². The monoisotopic (exact) mass is 393 g/mol. The second-order valence-electron chi connectivity index (χ2n) is 7.17. The molecule has 1 aliphatic rings. The van der Waals surface area contributed by atoms with Gasteiger partial charge in [-0.3, -0.25) is 18.8 Å². The minimum absolute atomic E-state index is 0.265. The van der Waals surface area contributed by atoms with E-state index in [1.54, 1.807) is 18.9 Å². The average Bonchev–Trinajstić information content (AvgIpc) is 3.04. The first-order valence-corrected chi connectivity index (χ1v) is 9.79. The van der Waals surface area contributed by atoms with Gasteiger partial charge in [-0.2, -0.15) is 0 Å². The molecule has 0 aromatic carbocycles. The molecule has 0 atom stereocenters. The number of nitrogens with one attached hydrogen (secondary N) is 1. The largest absolute Gasteiger partial charge is 0.450 e. The Labute approximate surface area is 162 Å². The van der Waals surface area contributed by atoms with Crippen LogP contribution in [0.1, 0.15) is 26.1 Å². The summed E-state index contributed by atoms with van der Waals surface area (Å²) in [6.07, 6.45) is 0.592. The van der Waals surface area contributed by atoms with E-state index < -0.39 is 0 Å². The smallest absolute Gasteiger partial charge is 0.410 e. The Bertz CT molecular complexity index is 981. The summed E-state index contributed by atoms with van der Waals surface area (Å²) in [4.78, 5) is 44.5. The molecule has 0 bridgehead atoms. The first-order chi connectivity index (χ1) is 13.4. The second-order valence-corrected chi connectivity index (χ2v) is 7.17. The van der Waals surface area contributed by atoms with Gasteiger partial charge in [0.25, 0.3) is 5.56 Å². The maximum atomic E-state index is 12.7. The van der Waals surface area contributed by atoms with E-state index in [2.05, 4.69) is 4.98 Å². The van der Waals surface area contributed by atoms with Gasteiger partial charge in [0.2, 0.25) is 0 Å². The van der Waals surface area contributed by atoms with Crippen LogP contribution in [0.4, 0.5) is 4.79 Å². The number of nitrogens with zero attached hydrogens (tertiary/aromatic N) is 5. The van der Waals surface area contributed by atoms with Gasteiger partial charge in [0, 0.05) is 20.6 Å². The minimum Gasteiger partial charge on any atom is -0.450 e. The fraction of sp³-hybridized carbons (Fsp3) is 0.667. The van der Waals surface area contributed by atoms with Crippen LogP contribution in [0.15, 0.2) is 9.59 Å². The topological polar surface area (TPSA) is 95.8 Å². The Balaban J connectivity index is 1.88. The number of hydrogen-bond acceptors (Lipinski definition) is 5. The number of quaternary nitrogens is 1. The number of aryl methyl sites for hydroxylation is 2. The van der Waals surface area contributed by atoms with Crippen LogP contribution in [0, 0.1) is 0 Å². The van der Waals surface area contributed by atoms with Crippen molar-refractivity contribution in [3.63, 3.8) is 0 Å². The number of amides is 1. The van der Waals surface area contributed by atoms with Crippen molar-refractivity contribution in [2.24, 2.45) is 14.1 Å². The van der Waals surface area contributed by atoms with Crippen molar-refractivity contribution in [1.82, 2.24) is 23.6 Å². The van der Waals surface area contributed by atoms with Gasteiger partial charge < -0.3 is 14.2 Å². The second kappa shape index (κ2) is 8.17. The fourth-order valence-corrected chi connectivity index (χ4v) is 3.71. The number of fused-ring (bicyclic) bond motifs is 1. The van der Waals surface area contributed by atoms with E-state index in [4.69, 9.17) is 4.74 Å². The first kappa shape index (κ1) is 20.1.